The molecule has 0 spiro atoms. The summed E-state index contributed by atoms with van der Waals surface area (Å²) in [5, 5.41) is 4.45. The molecule has 0 aliphatic rings. The second-order valence-corrected chi connectivity index (χ2v) is 3.03. The molecule has 0 atom stereocenters. The summed E-state index contributed by atoms with van der Waals surface area (Å²) in [5.41, 5.74) is 2.12. The minimum Gasteiger partial charge on any atom is -0.350 e. The Hall–Kier alpha value is -1.34. The van der Waals surface area contributed by atoms with Crippen LogP contribution in [0.1, 0.15) is 23.8 Å². The quantitative estimate of drug-likeness (QED) is 0.582. The molecule has 1 rings (SSSR count). The van der Waals surface area contributed by atoms with Crippen LogP contribution >= 0.6 is 11.3 Å². The van der Waals surface area contributed by atoms with Crippen molar-refractivity contribution >= 4 is 17.2 Å². The SMILES string of the molecule is CC#CCCNC(=O)c1cscn1. The third-order valence-electron chi connectivity index (χ3n) is 1.38. The standard InChI is InChI=1S/C9H10N2OS/c1-2-3-4-5-10-9(12)8-6-13-7-11-8/h6-7H,4-5H2,1H3,(H,10,12). The van der Waals surface area contributed by atoms with Gasteiger partial charge in [-0.1, -0.05) is 0 Å². The van der Waals surface area contributed by atoms with Crippen molar-refractivity contribution in [1.82, 2.24) is 10.3 Å². The molecule has 1 aromatic heterocycles. The lowest BCUT2D eigenvalue weighted by Crippen LogP contribution is -2.24. The molecule has 3 nitrogen and oxygen atoms in total. The van der Waals surface area contributed by atoms with Crippen LogP contribution < -0.4 is 5.32 Å². The summed E-state index contributed by atoms with van der Waals surface area (Å²) in [5.74, 6) is 5.50. The fraction of sp³-hybridized carbons (Fsp3) is 0.333. The first-order valence-electron chi connectivity index (χ1n) is 3.90. The highest BCUT2D eigenvalue weighted by atomic mass is 32.1. The molecule has 0 unspecified atom stereocenters. The van der Waals surface area contributed by atoms with Gasteiger partial charge in [0.05, 0.1) is 5.51 Å². The van der Waals surface area contributed by atoms with Crippen LogP contribution in [0.15, 0.2) is 10.9 Å². The fourth-order valence-corrected chi connectivity index (χ4v) is 1.31. The fourth-order valence-electron chi connectivity index (χ4n) is 0.779. The van der Waals surface area contributed by atoms with E-state index in [1.54, 1.807) is 17.8 Å². The zero-order valence-corrected chi connectivity index (χ0v) is 8.15. The molecule has 0 fully saturated rings. The largest absolute Gasteiger partial charge is 0.350 e. The third kappa shape index (κ3) is 3.26. The molecule has 1 heterocycles. The van der Waals surface area contributed by atoms with Gasteiger partial charge in [0.1, 0.15) is 5.69 Å². The van der Waals surface area contributed by atoms with Crippen LogP contribution in [0.25, 0.3) is 0 Å². The predicted octanol–water partition coefficient (Wildman–Crippen LogP) is 1.29. The number of aromatic nitrogens is 1. The number of amides is 1. The van der Waals surface area contributed by atoms with Crippen molar-refractivity contribution in [3.05, 3.63) is 16.6 Å². The van der Waals surface area contributed by atoms with Crippen molar-refractivity contribution in [2.75, 3.05) is 6.54 Å². The highest BCUT2D eigenvalue weighted by molar-refractivity contribution is 7.07. The van der Waals surface area contributed by atoms with Crippen molar-refractivity contribution in [2.24, 2.45) is 0 Å². The Morgan fingerprint density at radius 2 is 2.62 bits per heavy atom. The third-order valence-corrected chi connectivity index (χ3v) is 1.96. The molecule has 13 heavy (non-hydrogen) atoms. The van der Waals surface area contributed by atoms with E-state index in [2.05, 4.69) is 22.1 Å². The molecular weight excluding hydrogens is 184 g/mol. The van der Waals surface area contributed by atoms with Crippen LogP contribution in [0.3, 0.4) is 0 Å². The Morgan fingerprint density at radius 1 is 1.77 bits per heavy atom. The van der Waals surface area contributed by atoms with Crippen LogP contribution in [0.4, 0.5) is 0 Å². The molecule has 4 heteroatoms. The van der Waals surface area contributed by atoms with Gasteiger partial charge in [0, 0.05) is 18.3 Å². The highest BCUT2D eigenvalue weighted by Crippen LogP contribution is 1.99. The summed E-state index contributed by atoms with van der Waals surface area (Å²) >= 11 is 1.41. The number of carbonyl (C=O) groups is 1. The first-order valence-corrected chi connectivity index (χ1v) is 4.85. The number of carbonyl (C=O) groups excluding carboxylic acids is 1. The van der Waals surface area contributed by atoms with E-state index >= 15 is 0 Å². The van der Waals surface area contributed by atoms with E-state index < -0.39 is 0 Å². The Kier molecular flexibility index (Phi) is 4.00. The second-order valence-electron chi connectivity index (χ2n) is 2.31. The Balaban J connectivity index is 2.29. The molecular formula is C9H10N2OS. The second kappa shape index (κ2) is 5.33. The number of hydrogen-bond acceptors (Lipinski definition) is 3. The summed E-state index contributed by atoms with van der Waals surface area (Å²) in [7, 11) is 0. The number of thiazole rings is 1. The number of nitrogens with one attached hydrogen (secondary N) is 1. The van der Waals surface area contributed by atoms with Crippen LogP contribution in [0.2, 0.25) is 0 Å². The monoisotopic (exact) mass is 194 g/mol. The first-order chi connectivity index (χ1) is 6.34. The molecule has 0 aromatic carbocycles. The molecule has 0 aliphatic carbocycles. The zero-order valence-electron chi connectivity index (χ0n) is 7.33. The molecule has 0 bridgehead atoms. The lowest BCUT2D eigenvalue weighted by Gasteiger charge is -1.98. The maximum Gasteiger partial charge on any atom is 0.270 e. The van der Waals surface area contributed by atoms with Crippen LogP contribution in [-0.2, 0) is 0 Å². The van der Waals surface area contributed by atoms with Gasteiger partial charge in [-0.15, -0.1) is 23.2 Å². The van der Waals surface area contributed by atoms with Crippen molar-refractivity contribution < 1.29 is 4.79 Å². The molecule has 68 valence electrons. The van der Waals surface area contributed by atoms with Crippen molar-refractivity contribution in [2.45, 2.75) is 13.3 Å². The smallest absolute Gasteiger partial charge is 0.270 e. The number of rotatable bonds is 3. The normalized spacial score (nSPS) is 8.69. The van der Waals surface area contributed by atoms with E-state index in [9.17, 15) is 4.79 Å². The Morgan fingerprint density at radius 3 is 3.23 bits per heavy atom. The van der Waals surface area contributed by atoms with Gasteiger partial charge in [-0.3, -0.25) is 4.79 Å². The summed E-state index contributed by atoms with van der Waals surface area (Å²) < 4.78 is 0. The van der Waals surface area contributed by atoms with Crippen LogP contribution in [0.5, 0.6) is 0 Å². The lowest BCUT2D eigenvalue weighted by molar-refractivity contribution is 0.0950. The van der Waals surface area contributed by atoms with Gasteiger partial charge in [-0.05, 0) is 6.92 Å². The van der Waals surface area contributed by atoms with E-state index in [0.717, 1.165) is 0 Å². The van der Waals surface area contributed by atoms with Gasteiger partial charge in [-0.2, -0.15) is 0 Å². The van der Waals surface area contributed by atoms with Gasteiger partial charge in [0.2, 0.25) is 0 Å². The topological polar surface area (TPSA) is 42.0 Å². The predicted molar refractivity (Wildman–Crippen MR) is 52.5 cm³/mol. The number of nitrogens with zero attached hydrogens (tertiary/aromatic N) is 1. The molecule has 0 radical (unpaired) electrons. The van der Waals surface area contributed by atoms with Crippen molar-refractivity contribution in [3.63, 3.8) is 0 Å². The average Bonchev–Trinajstić information content (AvgIpc) is 2.65. The minimum absolute atomic E-state index is 0.126. The molecule has 1 aromatic rings. The van der Waals surface area contributed by atoms with Crippen molar-refractivity contribution in [3.8, 4) is 11.8 Å². The molecule has 0 saturated carbocycles. The summed E-state index contributed by atoms with van der Waals surface area (Å²) in [6.07, 6.45) is 0.687. The summed E-state index contributed by atoms with van der Waals surface area (Å²) in [6, 6.07) is 0. The summed E-state index contributed by atoms with van der Waals surface area (Å²) in [6.45, 7) is 2.36. The lowest BCUT2D eigenvalue weighted by atomic mass is 10.4. The maximum atomic E-state index is 11.3. The van der Waals surface area contributed by atoms with Gasteiger partial charge in [-0.25, -0.2) is 4.98 Å². The van der Waals surface area contributed by atoms with E-state index in [1.165, 1.54) is 11.3 Å². The molecule has 0 saturated heterocycles. The summed E-state index contributed by atoms with van der Waals surface area (Å²) in [4.78, 5) is 15.1. The van der Waals surface area contributed by atoms with E-state index in [4.69, 9.17) is 0 Å². The van der Waals surface area contributed by atoms with Gasteiger partial charge in [0.15, 0.2) is 0 Å². The zero-order chi connectivity index (χ0) is 9.52. The van der Waals surface area contributed by atoms with E-state index in [1.807, 2.05) is 0 Å². The van der Waals surface area contributed by atoms with E-state index in [-0.39, 0.29) is 5.91 Å². The Bertz CT molecular complexity index is 321. The van der Waals surface area contributed by atoms with Gasteiger partial charge < -0.3 is 5.32 Å². The van der Waals surface area contributed by atoms with E-state index in [0.29, 0.717) is 18.7 Å². The minimum atomic E-state index is -0.126. The Labute approximate surface area is 81.2 Å². The molecule has 1 N–H and O–H groups in total. The van der Waals surface area contributed by atoms with Crippen molar-refractivity contribution in [1.29, 1.82) is 0 Å². The van der Waals surface area contributed by atoms with Crippen LogP contribution in [0, 0.1) is 11.8 Å². The van der Waals surface area contributed by atoms with Gasteiger partial charge in [0.25, 0.3) is 5.91 Å². The molecule has 0 aliphatic heterocycles. The first kappa shape index (κ1) is 9.75. The maximum absolute atomic E-state index is 11.3. The van der Waals surface area contributed by atoms with Gasteiger partial charge >= 0.3 is 0 Å². The average molecular weight is 194 g/mol. The molecule has 1 amide bonds. The van der Waals surface area contributed by atoms with Crippen LogP contribution in [-0.4, -0.2) is 17.4 Å². The number of hydrogen-bond donors (Lipinski definition) is 1. The highest BCUT2D eigenvalue weighted by Gasteiger charge is 2.04.